The van der Waals surface area contributed by atoms with Crippen LogP contribution in [0.15, 0.2) is 17.7 Å². The Morgan fingerprint density at radius 3 is 2.39 bits per heavy atom. The maximum absolute atomic E-state index is 11.6. The molecule has 0 bridgehead atoms. The van der Waals surface area contributed by atoms with Gasteiger partial charge in [0.25, 0.3) is 11.8 Å². The molecule has 2 rings (SSSR count). The minimum absolute atomic E-state index is 0.173. The Balaban J connectivity index is 1.89. The molecule has 0 N–H and O–H groups in total. The molecular formula is C13H17N3O2. The largest absolute Gasteiger partial charge is 0.275 e. The minimum atomic E-state index is -0.203. The highest BCUT2D eigenvalue weighted by molar-refractivity contribution is 6.15. The van der Waals surface area contributed by atoms with E-state index < -0.39 is 0 Å². The van der Waals surface area contributed by atoms with Gasteiger partial charge in [0.1, 0.15) is 0 Å². The van der Waals surface area contributed by atoms with E-state index >= 15 is 0 Å². The summed E-state index contributed by atoms with van der Waals surface area (Å²) in [6.45, 7) is 6.78. The van der Waals surface area contributed by atoms with Crippen molar-refractivity contribution in [3.05, 3.63) is 29.1 Å². The Morgan fingerprint density at radius 1 is 1.17 bits per heavy atom. The minimum Gasteiger partial charge on any atom is -0.275 e. The van der Waals surface area contributed by atoms with Gasteiger partial charge in [-0.2, -0.15) is 5.10 Å². The number of aryl methyl sites for hydroxylation is 3. The van der Waals surface area contributed by atoms with Crippen molar-refractivity contribution >= 4 is 11.8 Å². The summed E-state index contributed by atoms with van der Waals surface area (Å²) in [7, 11) is 0. The van der Waals surface area contributed by atoms with Crippen molar-refractivity contribution in [2.75, 3.05) is 6.54 Å². The molecule has 5 heteroatoms. The van der Waals surface area contributed by atoms with Crippen molar-refractivity contribution < 1.29 is 9.59 Å². The first kappa shape index (κ1) is 12.5. The Hall–Kier alpha value is -1.91. The van der Waals surface area contributed by atoms with Gasteiger partial charge in [-0.1, -0.05) is 0 Å². The number of amides is 2. The lowest BCUT2D eigenvalue weighted by Crippen LogP contribution is -2.32. The highest BCUT2D eigenvalue weighted by Crippen LogP contribution is 2.12. The van der Waals surface area contributed by atoms with Crippen LogP contribution in [0.4, 0.5) is 0 Å². The Labute approximate surface area is 106 Å². The van der Waals surface area contributed by atoms with Crippen LogP contribution in [-0.2, 0) is 16.1 Å². The van der Waals surface area contributed by atoms with Crippen molar-refractivity contribution in [3.8, 4) is 0 Å². The Bertz CT molecular complexity index is 528. The summed E-state index contributed by atoms with van der Waals surface area (Å²) in [6, 6.07) is 2.01. The standard InChI is InChI=1S/C13H17N3O2/c1-9-7-12(17)15(13(9)18)5-4-6-16-11(3)8-10(2)14-16/h7-8H,4-6H2,1-3H3. The third-order valence-corrected chi connectivity index (χ3v) is 3.04. The molecule has 0 fully saturated rings. The first-order valence-electron chi connectivity index (χ1n) is 6.04. The van der Waals surface area contributed by atoms with Crippen molar-refractivity contribution in [1.82, 2.24) is 14.7 Å². The van der Waals surface area contributed by atoms with Crippen LogP contribution in [-0.4, -0.2) is 33.0 Å². The number of nitrogens with zero attached hydrogens (tertiary/aromatic N) is 3. The van der Waals surface area contributed by atoms with E-state index in [1.807, 2.05) is 24.6 Å². The van der Waals surface area contributed by atoms with Crippen molar-refractivity contribution in [2.24, 2.45) is 0 Å². The number of rotatable bonds is 4. The van der Waals surface area contributed by atoms with Crippen LogP contribution < -0.4 is 0 Å². The lowest BCUT2D eigenvalue weighted by molar-refractivity contribution is -0.137. The van der Waals surface area contributed by atoms with E-state index in [-0.39, 0.29) is 11.8 Å². The van der Waals surface area contributed by atoms with E-state index in [0.29, 0.717) is 12.1 Å². The molecule has 1 aliphatic heterocycles. The van der Waals surface area contributed by atoms with Gasteiger partial charge in [-0.3, -0.25) is 19.2 Å². The van der Waals surface area contributed by atoms with E-state index in [9.17, 15) is 9.59 Å². The fourth-order valence-corrected chi connectivity index (χ4v) is 2.13. The smallest absolute Gasteiger partial charge is 0.256 e. The molecule has 0 atom stereocenters. The molecule has 0 radical (unpaired) electrons. The third kappa shape index (κ3) is 2.34. The summed E-state index contributed by atoms with van der Waals surface area (Å²) in [5, 5.41) is 4.34. The quantitative estimate of drug-likeness (QED) is 0.751. The Kier molecular flexibility index (Phi) is 3.32. The molecule has 2 heterocycles. The molecule has 0 saturated heterocycles. The summed E-state index contributed by atoms with van der Waals surface area (Å²) in [6.07, 6.45) is 2.12. The van der Waals surface area contributed by atoms with Crippen LogP contribution in [0.5, 0.6) is 0 Å². The van der Waals surface area contributed by atoms with Gasteiger partial charge in [-0.25, -0.2) is 0 Å². The van der Waals surface area contributed by atoms with Crippen LogP contribution >= 0.6 is 0 Å². The molecule has 0 aliphatic carbocycles. The fourth-order valence-electron chi connectivity index (χ4n) is 2.13. The second kappa shape index (κ2) is 4.76. The van der Waals surface area contributed by atoms with Gasteiger partial charge in [-0.15, -0.1) is 0 Å². The molecular weight excluding hydrogens is 230 g/mol. The zero-order valence-electron chi connectivity index (χ0n) is 10.9. The van der Waals surface area contributed by atoms with Crippen molar-refractivity contribution in [1.29, 1.82) is 0 Å². The van der Waals surface area contributed by atoms with Crippen LogP contribution in [0.25, 0.3) is 0 Å². The molecule has 1 aromatic heterocycles. The topological polar surface area (TPSA) is 55.2 Å². The molecule has 0 saturated carbocycles. The summed E-state index contributed by atoms with van der Waals surface area (Å²) in [5.41, 5.74) is 2.60. The van der Waals surface area contributed by atoms with Crippen LogP contribution in [0.2, 0.25) is 0 Å². The van der Waals surface area contributed by atoms with Gasteiger partial charge in [0, 0.05) is 30.4 Å². The molecule has 96 valence electrons. The highest BCUT2D eigenvalue weighted by atomic mass is 16.2. The summed E-state index contributed by atoms with van der Waals surface area (Å²) < 4.78 is 1.90. The molecule has 2 amide bonds. The van der Waals surface area contributed by atoms with E-state index in [0.717, 1.165) is 24.4 Å². The predicted octanol–water partition coefficient (Wildman–Crippen LogP) is 1.21. The van der Waals surface area contributed by atoms with Crippen LogP contribution in [0, 0.1) is 13.8 Å². The van der Waals surface area contributed by atoms with E-state index in [1.165, 1.54) is 11.0 Å². The third-order valence-electron chi connectivity index (χ3n) is 3.04. The molecule has 0 aromatic carbocycles. The van der Waals surface area contributed by atoms with Gasteiger partial charge in [0.05, 0.1) is 5.69 Å². The first-order valence-corrected chi connectivity index (χ1v) is 6.04. The molecule has 1 aromatic rings. The first-order chi connectivity index (χ1) is 8.49. The normalized spacial score (nSPS) is 15.5. The molecule has 0 unspecified atom stereocenters. The zero-order valence-corrected chi connectivity index (χ0v) is 10.9. The Morgan fingerprint density at radius 2 is 1.89 bits per heavy atom. The predicted molar refractivity (Wildman–Crippen MR) is 66.8 cm³/mol. The van der Waals surface area contributed by atoms with Crippen molar-refractivity contribution in [3.63, 3.8) is 0 Å². The molecule has 5 nitrogen and oxygen atoms in total. The van der Waals surface area contributed by atoms with Gasteiger partial charge < -0.3 is 0 Å². The maximum Gasteiger partial charge on any atom is 0.256 e. The number of hydrogen-bond donors (Lipinski definition) is 0. The average molecular weight is 247 g/mol. The summed E-state index contributed by atoms with van der Waals surface area (Å²) >= 11 is 0. The summed E-state index contributed by atoms with van der Waals surface area (Å²) in [4.78, 5) is 24.5. The fraction of sp³-hybridized carbons (Fsp3) is 0.462. The number of carbonyl (C=O) groups is 2. The maximum atomic E-state index is 11.6. The molecule has 0 spiro atoms. The summed E-state index contributed by atoms with van der Waals surface area (Å²) in [5.74, 6) is -0.376. The van der Waals surface area contributed by atoms with E-state index in [4.69, 9.17) is 0 Å². The number of carbonyl (C=O) groups excluding carboxylic acids is 2. The monoisotopic (exact) mass is 247 g/mol. The van der Waals surface area contributed by atoms with Crippen LogP contribution in [0.3, 0.4) is 0 Å². The van der Waals surface area contributed by atoms with E-state index in [2.05, 4.69) is 5.10 Å². The highest BCUT2D eigenvalue weighted by Gasteiger charge is 2.27. The van der Waals surface area contributed by atoms with Crippen LogP contribution in [0.1, 0.15) is 24.7 Å². The van der Waals surface area contributed by atoms with Gasteiger partial charge >= 0.3 is 0 Å². The zero-order chi connectivity index (χ0) is 13.3. The SMILES string of the molecule is CC1=CC(=O)N(CCCn2nc(C)cc2C)C1=O. The number of hydrogen-bond acceptors (Lipinski definition) is 3. The van der Waals surface area contributed by atoms with Gasteiger partial charge in [-0.05, 0) is 33.3 Å². The van der Waals surface area contributed by atoms with Gasteiger partial charge in [0.15, 0.2) is 0 Å². The number of aromatic nitrogens is 2. The molecule has 1 aliphatic rings. The second-order valence-corrected chi connectivity index (χ2v) is 4.63. The second-order valence-electron chi connectivity index (χ2n) is 4.63. The van der Waals surface area contributed by atoms with E-state index in [1.54, 1.807) is 6.92 Å². The van der Waals surface area contributed by atoms with Crippen molar-refractivity contribution in [2.45, 2.75) is 33.7 Å². The van der Waals surface area contributed by atoms with Gasteiger partial charge in [0.2, 0.25) is 0 Å². The lowest BCUT2D eigenvalue weighted by Gasteiger charge is -2.14. The average Bonchev–Trinajstić information content (AvgIpc) is 2.73. The number of imide groups is 1. The lowest BCUT2D eigenvalue weighted by atomic mass is 10.3. The molecule has 18 heavy (non-hydrogen) atoms.